The molecule has 3 rings (SSSR count). The van der Waals surface area contributed by atoms with E-state index >= 15 is 0 Å². The Morgan fingerprint density at radius 3 is 2.25 bits per heavy atom. The Hall–Kier alpha value is -2.59. The van der Waals surface area contributed by atoms with Crippen LogP contribution in [-0.2, 0) is 6.61 Å². The molecule has 0 saturated heterocycles. The molecular weight excluding hydrogens is 368 g/mol. The second-order valence-corrected chi connectivity index (χ2v) is 6.16. The molecule has 3 aromatic rings. The number of hydrogen-bond acceptors (Lipinski definition) is 2. The number of aromatic carboxylic acids is 1. The average Bonchev–Trinajstić information content (AvgIpc) is 2.62. The first-order valence-corrected chi connectivity index (χ1v) is 8.23. The number of carboxylic acid groups (broad SMARTS) is 1. The molecule has 0 heterocycles. The van der Waals surface area contributed by atoms with Crippen LogP contribution in [0.3, 0.4) is 0 Å². The standard InChI is InChI=1S/C20H15BrO3/c21-18-11-10-17(15-6-8-16(9-7-15)20(22)23)12-19(18)24-13-14-4-2-1-3-5-14/h1-12H,13H2,(H,22,23). The van der Waals surface area contributed by atoms with Gasteiger partial charge in [0.15, 0.2) is 0 Å². The second-order valence-electron chi connectivity index (χ2n) is 5.30. The molecule has 1 N–H and O–H groups in total. The van der Waals surface area contributed by atoms with Crippen LogP contribution in [0.4, 0.5) is 0 Å². The van der Waals surface area contributed by atoms with Crippen LogP contribution in [0.5, 0.6) is 5.75 Å². The lowest BCUT2D eigenvalue weighted by Crippen LogP contribution is -1.96. The molecule has 3 nitrogen and oxygen atoms in total. The van der Waals surface area contributed by atoms with Gasteiger partial charge in [0.05, 0.1) is 10.0 Å². The fourth-order valence-electron chi connectivity index (χ4n) is 2.33. The fourth-order valence-corrected chi connectivity index (χ4v) is 2.70. The van der Waals surface area contributed by atoms with Gasteiger partial charge in [0.1, 0.15) is 12.4 Å². The molecule has 0 radical (unpaired) electrons. The minimum Gasteiger partial charge on any atom is -0.488 e. The predicted molar refractivity (Wildman–Crippen MR) is 97.3 cm³/mol. The van der Waals surface area contributed by atoms with Crippen LogP contribution in [-0.4, -0.2) is 11.1 Å². The van der Waals surface area contributed by atoms with Crippen molar-refractivity contribution in [2.24, 2.45) is 0 Å². The lowest BCUT2D eigenvalue weighted by atomic mass is 10.0. The van der Waals surface area contributed by atoms with Crippen LogP contribution >= 0.6 is 15.9 Å². The zero-order valence-corrected chi connectivity index (χ0v) is 14.4. The van der Waals surface area contributed by atoms with Crippen LogP contribution in [0.15, 0.2) is 77.3 Å². The SMILES string of the molecule is O=C(O)c1ccc(-c2ccc(Br)c(OCc3ccccc3)c2)cc1. The monoisotopic (exact) mass is 382 g/mol. The van der Waals surface area contributed by atoms with Crippen molar-refractivity contribution in [3.8, 4) is 16.9 Å². The summed E-state index contributed by atoms with van der Waals surface area (Å²) >= 11 is 3.50. The molecule has 0 unspecified atom stereocenters. The molecule has 24 heavy (non-hydrogen) atoms. The third-order valence-electron chi connectivity index (χ3n) is 3.63. The van der Waals surface area contributed by atoms with E-state index in [1.165, 1.54) is 0 Å². The predicted octanol–water partition coefficient (Wildman–Crippen LogP) is 5.39. The van der Waals surface area contributed by atoms with Crippen LogP contribution in [0.25, 0.3) is 11.1 Å². The highest BCUT2D eigenvalue weighted by molar-refractivity contribution is 9.10. The first kappa shape index (κ1) is 16.3. The molecule has 0 amide bonds. The molecular formula is C20H15BrO3. The molecule has 0 atom stereocenters. The number of carbonyl (C=O) groups is 1. The van der Waals surface area contributed by atoms with Gasteiger partial charge in [-0.3, -0.25) is 0 Å². The van der Waals surface area contributed by atoms with Crippen molar-refractivity contribution in [2.45, 2.75) is 6.61 Å². The summed E-state index contributed by atoms with van der Waals surface area (Å²) < 4.78 is 6.78. The van der Waals surface area contributed by atoms with Crippen molar-refractivity contribution in [3.05, 3.63) is 88.4 Å². The summed E-state index contributed by atoms with van der Waals surface area (Å²) in [6.07, 6.45) is 0. The Morgan fingerprint density at radius 1 is 0.917 bits per heavy atom. The molecule has 0 aliphatic rings. The number of halogens is 1. The normalized spacial score (nSPS) is 10.4. The van der Waals surface area contributed by atoms with Crippen molar-refractivity contribution in [3.63, 3.8) is 0 Å². The average molecular weight is 383 g/mol. The first-order chi connectivity index (χ1) is 11.6. The summed E-state index contributed by atoms with van der Waals surface area (Å²) in [4.78, 5) is 10.9. The van der Waals surface area contributed by atoms with E-state index in [1.807, 2.05) is 48.5 Å². The van der Waals surface area contributed by atoms with Gasteiger partial charge >= 0.3 is 5.97 Å². The van der Waals surface area contributed by atoms with Gasteiger partial charge in [-0.05, 0) is 56.9 Å². The van der Waals surface area contributed by atoms with Crippen LogP contribution in [0.2, 0.25) is 0 Å². The molecule has 120 valence electrons. The molecule has 0 fully saturated rings. The van der Waals surface area contributed by atoms with Crippen molar-refractivity contribution in [2.75, 3.05) is 0 Å². The van der Waals surface area contributed by atoms with E-state index in [1.54, 1.807) is 24.3 Å². The summed E-state index contributed by atoms with van der Waals surface area (Å²) in [5.41, 5.74) is 3.28. The quantitative estimate of drug-likeness (QED) is 0.642. The number of hydrogen-bond donors (Lipinski definition) is 1. The highest BCUT2D eigenvalue weighted by Gasteiger charge is 2.07. The second kappa shape index (κ2) is 7.32. The zero-order valence-electron chi connectivity index (χ0n) is 12.8. The van der Waals surface area contributed by atoms with Crippen LogP contribution in [0, 0.1) is 0 Å². The Bertz CT molecular complexity index is 843. The van der Waals surface area contributed by atoms with E-state index in [-0.39, 0.29) is 5.56 Å². The summed E-state index contributed by atoms with van der Waals surface area (Å²) in [6.45, 7) is 0.487. The van der Waals surface area contributed by atoms with Gasteiger partial charge in [0.25, 0.3) is 0 Å². The van der Waals surface area contributed by atoms with Crippen LogP contribution < -0.4 is 4.74 Å². The van der Waals surface area contributed by atoms with Gasteiger partial charge < -0.3 is 9.84 Å². The van der Waals surface area contributed by atoms with Crippen molar-refractivity contribution in [1.82, 2.24) is 0 Å². The van der Waals surface area contributed by atoms with E-state index in [0.717, 1.165) is 26.9 Å². The molecule has 0 aliphatic carbocycles. The van der Waals surface area contributed by atoms with Gasteiger partial charge in [-0.25, -0.2) is 4.79 Å². The number of rotatable bonds is 5. The lowest BCUT2D eigenvalue weighted by Gasteiger charge is -2.11. The number of benzene rings is 3. The maximum Gasteiger partial charge on any atom is 0.335 e. The van der Waals surface area contributed by atoms with Gasteiger partial charge in [-0.15, -0.1) is 0 Å². The van der Waals surface area contributed by atoms with E-state index in [0.29, 0.717) is 6.61 Å². The molecule has 0 spiro atoms. The Morgan fingerprint density at radius 2 is 1.58 bits per heavy atom. The Balaban J connectivity index is 1.81. The fraction of sp³-hybridized carbons (Fsp3) is 0.0500. The first-order valence-electron chi connectivity index (χ1n) is 7.43. The van der Waals surface area contributed by atoms with Crippen molar-refractivity contribution in [1.29, 1.82) is 0 Å². The number of carboxylic acids is 1. The summed E-state index contributed by atoms with van der Waals surface area (Å²) in [6, 6.07) is 22.6. The Labute approximate surface area is 148 Å². The highest BCUT2D eigenvalue weighted by atomic mass is 79.9. The minimum absolute atomic E-state index is 0.274. The minimum atomic E-state index is -0.927. The molecule has 0 saturated carbocycles. The third-order valence-corrected chi connectivity index (χ3v) is 4.29. The summed E-state index contributed by atoms with van der Waals surface area (Å²) in [7, 11) is 0. The number of ether oxygens (including phenoxy) is 1. The molecule has 0 aliphatic heterocycles. The van der Waals surface area contributed by atoms with Gasteiger partial charge in [0.2, 0.25) is 0 Å². The van der Waals surface area contributed by atoms with E-state index in [2.05, 4.69) is 15.9 Å². The van der Waals surface area contributed by atoms with Gasteiger partial charge in [-0.2, -0.15) is 0 Å². The van der Waals surface area contributed by atoms with Crippen molar-refractivity contribution < 1.29 is 14.6 Å². The smallest absolute Gasteiger partial charge is 0.335 e. The third kappa shape index (κ3) is 3.84. The lowest BCUT2D eigenvalue weighted by molar-refractivity contribution is 0.0697. The molecule has 0 bridgehead atoms. The Kier molecular flexibility index (Phi) is 4.96. The van der Waals surface area contributed by atoms with Gasteiger partial charge in [0, 0.05) is 0 Å². The molecule has 3 aromatic carbocycles. The topological polar surface area (TPSA) is 46.5 Å². The van der Waals surface area contributed by atoms with Crippen molar-refractivity contribution >= 4 is 21.9 Å². The van der Waals surface area contributed by atoms with E-state index in [4.69, 9.17) is 9.84 Å². The summed E-state index contributed by atoms with van der Waals surface area (Å²) in [5.74, 6) is -0.178. The maximum absolute atomic E-state index is 10.9. The van der Waals surface area contributed by atoms with E-state index in [9.17, 15) is 4.79 Å². The summed E-state index contributed by atoms with van der Waals surface area (Å²) in [5, 5.41) is 8.98. The van der Waals surface area contributed by atoms with Gasteiger partial charge in [-0.1, -0.05) is 48.5 Å². The largest absolute Gasteiger partial charge is 0.488 e. The zero-order chi connectivity index (χ0) is 16.9. The highest BCUT2D eigenvalue weighted by Crippen LogP contribution is 2.31. The van der Waals surface area contributed by atoms with Crippen LogP contribution in [0.1, 0.15) is 15.9 Å². The van der Waals surface area contributed by atoms with E-state index < -0.39 is 5.97 Å². The maximum atomic E-state index is 10.9. The molecule has 0 aromatic heterocycles. The molecule has 4 heteroatoms.